The standard InChI is InChI=1S/C10H10O5/c1-5(11)13-9-7-3-4-8(15-7)10(9)14-6(2)12/h3-4,7-8H,1-2H3. The molecule has 15 heavy (non-hydrogen) atoms. The molecule has 0 fully saturated rings. The maximum Gasteiger partial charge on any atom is 0.307 e. The molecule has 0 aromatic rings. The Kier molecular flexibility index (Phi) is 2.32. The molecule has 2 rings (SSSR count). The second-order valence-corrected chi connectivity index (χ2v) is 3.28. The van der Waals surface area contributed by atoms with Crippen LogP contribution in [0.15, 0.2) is 23.7 Å². The SMILES string of the molecule is CC(=O)OC1=C(OC(C)=O)C2C=CC1O2. The molecule has 80 valence electrons. The average Bonchev–Trinajstić information content (AvgIpc) is 2.67. The van der Waals surface area contributed by atoms with Gasteiger partial charge in [-0.2, -0.15) is 0 Å². The number of fused-ring (bicyclic) bond motifs is 2. The molecule has 0 aromatic carbocycles. The number of ether oxygens (including phenoxy) is 3. The van der Waals surface area contributed by atoms with E-state index in [9.17, 15) is 9.59 Å². The molecule has 0 saturated heterocycles. The smallest absolute Gasteiger partial charge is 0.307 e. The minimum Gasteiger partial charge on any atom is -0.424 e. The van der Waals surface area contributed by atoms with Gasteiger partial charge in [0.1, 0.15) is 12.2 Å². The lowest BCUT2D eigenvalue weighted by atomic mass is 10.1. The van der Waals surface area contributed by atoms with Gasteiger partial charge in [0.05, 0.1) is 0 Å². The highest BCUT2D eigenvalue weighted by molar-refractivity contribution is 5.70. The van der Waals surface area contributed by atoms with Crippen LogP contribution in [0, 0.1) is 0 Å². The van der Waals surface area contributed by atoms with Crippen molar-refractivity contribution in [2.75, 3.05) is 0 Å². The molecule has 2 aliphatic rings. The summed E-state index contributed by atoms with van der Waals surface area (Å²) in [5.41, 5.74) is 0. The van der Waals surface area contributed by atoms with Crippen molar-refractivity contribution in [3.8, 4) is 0 Å². The van der Waals surface area contributed by atoms with Gasteiger partial charge >= 0.3 is 11.9 Å². The van der Waals surface area contributed by atoms with Crippen LogP contribution >= 0.6 is 0 Å². The van der Waals surface area contributed by atoms with E-state index in [1.54, 1.807) is 12.2 Å². The zero-order valence-electron chi connectivity index (χ0n) is 8.35. The van der Waals surface area contributed by atoms with Gasteiger partial charge in [-0.25, -0.2) is 0 Å². The lowest BCUT2D eigenvalue weighted by Gasteiger charge is -2.11. The van der Waals surface area contributed by atoms with Gasteiger partial charge in [-0.3, -0.25) is 9.59 Å². The summed E-state index contributed by atoms with van der Waals surface area (Å²) in [5.74, 6) is -0.353. The third kappa shape index (κ3) is 1.78. The first-order valence-corrected chi connectivity index (χ1v) is 4.52. The highest BCUT2D eigenvalue weighted by atomic mass is 16.6. The summed E-state index contributed by atoms with van der Waals surface area (Å²) in [6.45, 7) is 2.57. The first-order valence-electron chi connectivity index (χ1n) is 4.52. The number of rotatable bonds is 2. The van der Waals surface area contributed by atoms with Crippen LogP contribution in [-0.2, 0) is 23.8 Å². The summed E-state index contributed by atoms with van der Waals surface area (Å²) in [4.78, 5) is 21.7. The minimum atomic E-state index is -0.459. The van der Waals surface area contributed by atoms with E-state index >= 15 is 0 Å². The second kappa shape index (κ2) is 3.51. The van der Waals surface area contributed by atoms with Gasteiger partial charge in [0.2, 0.25) is 0 Å². The highest BCUT2D eigenvalue weighted by Crippen LogP contribution is 2.35. The van der Waals surface area contributed by atoms with E-state index < -0.39 is 24.1 Å². The Morgan fingerprint density at radius 1 is 1.07 bits per heavy atom. The summed E-state index contributed by atoms with van der Waals surface area (Å²) in [6, 6.07) is 0. The summed E-state index contributed by atoms with van der Waals surface area (Å²) < 4.78 is 15.3. The number of carbonyl (C=O) groups excluding carboxylic acids is 2. The molecule has 0 aromatic heterocycles. The molecular formula is C10H10O5. The Labute approximate surface area is 86.3 Å². The molecule has 2 heterocycles. The Morgan fingerprint density at radius 2 is 1.47 bits per heavy atom. The van der Waals surface area contributed by atoms with Crippen molar-refractivity contribution in [2.45, 2.75) is 26.1 Å². The van der Waals surface area contributed by atoms with E-state index in [-0.39, 0.29) is 11.5 Å². The molecule has 5 heteroatoms. The van der Waals surface area contributed by atoms with Gasteiger partial charge in [0.15, 0.2) is 11.5 Å². The van der Waals surface area contributed by atoms with Crippen LogP contribution in [0.3, 0.4) is 0 Å². The van der Waals surface area contributed by atoms with E-state index in [2.05, 4.69) is 0 Å². The van der Waals surface area contributed by atoms with Crippen LogP contribution in [0.25, 0.3) is 0 Å². The Morgan fingerprint density at radius 3 is 1.80 bits per heavy atom. The summed E-state index contributed by atoms with van der Waals surface area (Å²) in [7, 11) is 0. The van der Waals surface area contributed by atoms with Crippen molar-refractivity contribution in [1.29, 1.82) is 0 Å². The van der Waals surface area contributed by atoms with Crippen LogP contribution in [0.5, 0.6) is 0 Å². The van der Waals surface area contributed by atoms with Crippen molar-refractivity contribution in [3.63, 3.8) is 0 Å². The summed E-state index contributed by atoms with van der Waals surface area (Å²) >= 11 is 0. The molecule has 0 amide bonds. The number of carbonyl (C=O) groups is 2. The first kappa shape index (κ1) is 9.92. The topological polar surface area (TPSA) is 61.8 Å². The van der Waals surface area contributed by atoms with E-state index in [0.29, 0.717) is 0 Å². The molecule has 0 N–H and O–H groups in total. The predicted molar refractivity (Wildman–Crippen MR) is 48.4 cm³/mol. The lowest BCUT2D eigenvalue weighted by molar-refractivity contribution is -0.141. The summed E-state index contributed by atoms with van der Waals surface area (Å²) in [5, 5.41) is 0. The van der Waals surface area contributed by atoms with Crippen molar-refractivity contribution in [2.24, 2.45) is 0 Å². The van der Waals surface area contributed by atoms with Crippen molar-refractivity contribution in [3.05, 3.63) is 23.7 Å². The van der Waals surface area contributed by atoms with Crippen LogP contribution in [-0.4, -0.2) is 24.1 Å². The maximum absolute atomic E-state index is 10.8. The van der Waals surface area contributed by atoms with Crippen LogP contribution < -0.4 is 0 Å². The monoisotopic (exact) mass is 210 g/mol. The van der Waals surface area contributed by atoms with E-state index in [4.69, 9.17) is 14.2 Å². The zero-order chi connectivity index (χ0) is 11.0. The van der Waals surface area contributed by atoms with Gasteiger partial charge in [-0.15, -0.1) is 0 Å². The fourth-order valence-electron chi connectivity index (χ4n) is 1.56. The van der Waals surface area contributed by atoms with Crippen LogP contribution in [0.1, 0.15) is 13.8 Å². The van der Waals surface area contributed by atoms with Crippen molar-refractivity contribution >= 4 is 11.9 Å². The summed E-state index contributed by atoms with van der Waals surface area (Å²) in [6.07, 6.45) is 2.70. The molecule has 0 spiro atoms. The van der Waals surface area contributed by atoms with E-state index in [0.717, 1.165) is 0 Å². The lowest BCUT2D eigenvalue weighted by Crippen LogP contribution is -2.14. The molecule has 2 unspecified atom stereocenters. The Balaban J connectivity index is 2.23. The average molecular weight is 210 g/mol. The molecule has 2 bridgehead atoms. The largest absolute Gasteiger partial charge is 0.424 e. The second-order valence-electron chi connectivity index (χ2n) is 3.28. The number of esters is 2. The molecule has 2 atom stereocenters. The molecule has 0 saturated carbocycles. The third-order valence-corrected chi connectivity index (χ3v) is 2.02. The van der Waals surface area contributed by atoms with Gasteiger partial charge < -0.3 is 14.2 Å². The Hall–Kier alpha value is -1.62. The fourth-order valence-corrected chi connectivity index (χ4v) is 1.56. The maximum atomic E-state index is 10.8. The highest BCUT2D eigenvalue weighted by Gasteiger charge is 2.41. The molecular weight excluding hydrogens is 200 g/mol. The zero-order valence-corrected chi connectivity index (χ0v) is 8.35. The van der Waals surface area contributed by atoms with Gasteiger partial charge in [0.25, 0.3) is 0 Å². The van der Waals surface area contributed by atoms with Gasteiger partial charge in [-0.1, -0.05) is 0 Å². The van der Waals surface area contributed by atoms with E-state index in [1.165, 1.54) is 13.8 Å². The van der Waals surface area contributed by atoms with Crippen molar-refractivity contribution < 1.29 is 23.8 Å². The normalized spacial score (nSPS) is 27.1. The third-order valence-electron chi connectivity index (χ3n) is 2.02. The number of hydrogen-bond acceptors (Lipinski definition) is 5. The van der Waals surface area contributed by atoms with Crippen LogP contribution in [0.4, 0.5) is 0 Å². The Bertz CT molecular complexity index is 345. The first-order chi connectivity index (χ1) is 7.08. The molecule has 0 aliphatic carbocycles. The van der Waals surface area contributed by atoms with Gasteiger partial charge in [-0.05, 0) is 12.2 Å². The molecule has 2 aliphatic heterocycles. The van der Waals surface area contributed by atoms with Crippen molar-refractivity contribution in [1.82, 2.24) is 0 Å². The van der Waals surface area contributed by atoms with Gasteiger partial charge in [0, 0.05) is 13.8 Å². The molecule has 0 radical (unpaired) electrons. The quantitative estimate of drug-likeness (QED) is 0.495. The molecule has 5 nitrogen and oxygen atoms in total. The fraction of sp³-hybridized carbons (Fsp3) is 0.400. The van der Waals surface area contributed by atoms with Crippen LogP contribution in [0.2, 0.25) is 0 Å². The minimum absolute atomic E-state index is 0.283. The number of hydrogen-bond donors (Lipinski definition) is 0. The van der Waals surface area contributed by atoms with E-state index in [1.807, 2.05) is 0 Å². The predicted octanol–water partition coefficient (Wildman–Crippen LogP) is 0.661.